The molecule has 0 aliphatic rings. The van der Waals surface area contributed by atoms with Crippen molar-refractivity contribution in [3.63, 3.8) is 0 Å². The molecule has 0 saturated carbocycles. The van der Waals surface area contributed by atoms with Crippen molar-refractivity contribution in [3.8, 4) is 5.75 Å². The van der Waals surface area contributed by atoms with Crippen molar-refractivity contribution >= 4 is 5.91 Å². The fourth-order valence-electron chi connectivity index (χ4n) is 1.70. The predicted molar refractivity (Wildman–Crippen MR) is 67.9 cm³/mol. The predicted octanol–water partition coefficient (Wildman–Crippen LogP) is 1.50. The van der Waals surface area contributed by atoms with Gasteiger partial charge in [0.1, 0.15) is 5.75 Å². The summed E-state index contributed by atoms with van der Waals surface area (Å²) in [6.45, 7) is 4.59. The van der Waals surface area contributed by atoms with E-state index >= 15 is 0 Å². The van der Waals surface area contributed by atoms with Crippen LogP contribution >= 0.6 is 0 Å². The Hall–Kier alpha value is -1.55. The Kier molecular flexibility index (Phi) is 4.97. The highest BCUT2D eigenvalue weighted by molar-refractivity contribution is 5.94. The summed E-state index contributed by atoms with van der Waals surface area (Å²) in [6, 6.07) is 6.26. The zero-order chi connectivity index (χ0) is 12.8. The fraction of sp³-hybridized carbons (Fsp3) is 0.462. The van der Waals surface area contributed by atoms with E-state index in [0.717, 1.165) is 6.42 Å². The van der Waals surface area contributed by atoms with Crippen molar-refractivity contribution in [2.24, 2.45) is 11.7 Å². The molecule has 1 atom stereocenters. The maximum atomic E-state index is 11.9. The first-order chi connectivity index (χ1) is 8.02. The Labute approximate surface area is 102 Å². The van der Waals surface area contributed by atoms with Crippen molar-refractivity contribution < 1.29 is 9.90 Å². The first-order valence-electron chi connectivity index (χ1n) is 5.83. The average molecular weight is 236 g/mol. The van der Waals surface area contributed by atoms with Crippen molar-refractivity contribution in [2.75, 3.05) is 6.54 Å². The fourth-order valence-corrected chi connectivity index (χ4v) is 1.70. The number of nitrogens with one attached hydrogen (secondary N) is 1. The van der Waals surface area contributed by atoms with Gasteiger partial charge in [-0.2, -0.15) is 0 Å². The van der Waals surface area contributed by atoms with Gasteiger partial charge in [0.2, 0.25) is 0 Å². The van der Waals surface area contributed by atoms with Gasteiger partial charge in [0.25, 0.3) is 5.91 Å². The molecular weight excluding hydrogens is 216 g/mol. The lowest BCUT2D eigenvalue weighted by molar-refractivity contribution is 0.0933. The van der Waals surface area contributed by atoms with Gasteiger partial charge in [0, 0.05) is 18.2 Å². The number of hydrogen-bond donors (Lipinski definition) is 3. The minimum Gasteiger partial charge on any atom is -0.508 e. The van der Waals surface area contributed by atoms with Crippen LogP contribution in [0.15, 0.2) is 24.3 Å². The van der Waals surface area contributed by atoms with Crippen molar-refractivity contribution in [1.82, 2.24) is 5.32 Å². The van der Waals surface area contributed by atoms with Gasteiger partial charge in [-0.1, -0.05) is 19.9 Å². The number of amides is 1. The van der Waals surface area contributed by atoms with Crippen LogP contribution < -0.4 is 11.1 Å². The molecule has 0 saturated heterocycles. The smallest absolute Gasteiger partial charge is 0.251 e. The molecule has 0 aliphatic heterocycles. The van der Waals surface area contributed by atoms with Crippen LogP contribution in [0.1, 0.15) is 30.6 Å². The van der Waals surface area contributed by atoms with E-state index in [1.54, 1.807) is 12.1 Å². The van der Waals surface area contributed by atoms with Crippen molar-refractivity contribution in [3.05, 3.63) is 29.8 Å². The largest absolute Gasteiger partial charge is 0.508 e. The summed E-state index contributed by atoms with van der Waals surface area (Å²) in [5.74, 6) is 0.371. The van der Waals surface area contributed by atoms with Crippen LogP contribution in [0.4, 0.5) is 0 Å². The average Bonchev–Trinajstić information content (AvgIpc) is 2.27. The van der Waals surface area contributed by atoms with Gasteiger partial charge in [0.05, 0.1) is 0 Å². The Morgan fingerprint density at radius 1 is 1.47 bits per heavy atom. The molecule has 4 heteroatoms. The van der Waals surface area contributed by atoms with Crippen LogP contribution in [0.3, 0.4) is 0 Å². The Morgan fingerprint density at radius 2 is 2.18 bits per heavy atom. The van der Waals surface area contributed by atoms with Crippen LogP contribution in [-0.2, 0) is 0 Å². The summed E-state index contributed by atoms with van der Waals surface area (Å²) in [4.78, 5) is 11.9. The van der Waals surface area contributed by atoms with Gasteiger partial charge in [-0.15, -0.1) is 0 Å². The number of nitrogens with two attached hydrogens (primary N) is 1. The van der Waals surface area contributed by atoms with E-state index in [0.29, 0.717) is 18.0 Å². The number of hydrogen-bond acceptors (Lipinski definition) is 3. The van der Waals surface area contributed by atoms with Gasteiger partial charge in [-0.25, -0.2) is 0 Å². The van der Waals surface area contributed by atoms with E-state index in [1.165, 1.54) is 12.1 Å². The highest BCUT2D eigenvalue weighted by Gasteiger charge is 2.13. The molecule has 17 heavy (non-hydrogen) atoms. The van der Waals surface area contributed by atoms with E-state index in [-0.39, 0.29) is 17.7 Å². The molecule has 4 N–H and O–H groups in total. The molecular formula is C13H20N2O2. The molecule has 0 aromatic heterocycles. The third-order valence-corrected chi connectivity index (χ3v) is 2.48. The molecule has 0 bridgehead atoms. The van der Waals surface area contributed by atoms with Crippen LogP contribution in [0, 0.1) is 5.92 Å². The zero-order valence-corrected chi connectivity index (χ0v) is 10.3. The monoisotopic (exact) mass is 236 g/mol. The summed E-state index contributed by atoms with van der Waals surface area (Å²) in [5.41, 5.74) is 6.06. The summed E-state index contributed by atoms with van der Waals surface area (Å²) in [5, 5.41) is 12.2. The molecule has 1 amide bonds. The van der Waals surface area contributed by atoms with Crippen LogP contribution in [0.2, 0.25) is 0 Å². The second kappa shape index (κ2) is 6.25. The van der Waals surface area contributed by atoms with Crippen molar-refractivity contribution in [2.45, 2.75) is 26.3 Å². The molecule has 0 aliphatic carbocycles. The molecule has 0 spiro atoms. The Bertz CT molecular complexity index is 377. The highest BCUT2D eigenvalue weighted by Crippen LogP contribution is 2.11. The lowest BCUT2D eigenvalue weighted by Crippen LogP contribution is -2.41. The second-order valence-electron chi connectivity index (χ2n) is 4.59. The molecule has 4 nitrogen and oxygen atoms in total. The number of carbonyl (C=O) groups excluding carboxylic acids is 1. The Morgan fingerprint density at radius 3 is 2.71 bits per heavy atom. The number of phenolic OH excluding ortho intramolecular Hbond substituents is 1. The summed E-state index contributed by atoms with van der Waals surface area (Å²) < 4.78 is 0. The number of rotatable bonds is 5. The van der Waals surface area contributed by atoms with Crippen LogP contribution in [-0.4, -0.2) is 23.6 Å². The van der Waals surface area contributed by atoms with Crippen LogP contribution in [0.25, 0.3) is 0 Å². The molecule has 1 aromatic carbocycles. The SMILES string of the molecule is CC(C)CC(CN)NC(=O)c1cccc(O)c1. The maximum absolute atomic E-state index is 11.9. The maximum Gasteiger partial charge on any atom is 0.251 e. The summed E-state index contributed by atoms with van der Waals surface area (Å²) in [7, 11) is 0. The molecule has 94 valence electrons. The first kappa shape index (κ1) is 13.5. The third kappa shape index (κ3) is 4.44. The number of phenols is 1. The zero-order valence-electron chi connectivity index (χ0n) is 10.3. The molecule has 1 aromatic rings. The molecule has 1 unspecified atom stereocenters. The summed E-state index contributed by atoms with van der Waals surface area (Å²) in [6.07, 6.45) is 0.848. The van der Waals surface area contributed by atoms with Crippen molar-refractivity contribution in [1.29, 1.82) is 0 Å². The lowest BCUT2D eigenvalue weighted by atomic mass is 10.0. The van der Waals surface area contributed by atoms with E-state index < -0.39 is 0 Å². The van der Waals surface area contributed by atoms with E-state index in [9.17, 15) is 9.90 Å². The van der Waals surface area contributed by atoms with Gasteiger partial charge in [0.15, 0.2) is 0 Å². The first-order valence-corrected chi connectivity index (χ1v) is 5.83. The topological polar surface area (TPSA) is 75.3 Å². The molecule has 0 heterocycles. The highest BCUT2D eigenvalue weighted by atomic mass is 16.3. The van der Waals surface area contributed by atoms with Crippen LogP contribution in [0.5, 0.6) is 5.75 Å². The van der Waals surface area contributed by atoms with Gasteiger partial charge >= 0.3 is 0 Å². The third-order valence-electron chi connectivity index (χ3n) is 2.48. The lowest BCUT2D eigenvalue weighted by Gasteiger charge is -2.18. The van der Waals surface area contributed by atoms with Gasteiger partial charge < -0.3 is 16.2 Å². The van der Waals surface area contributed by atoms with E-state index in [2.05, 4.69) is 19.2 Å². The van der Waals surface area contributed by atoms with Gasteiger partial charge in [-0.3, -0.25) is 4.79 Å². The molecule has 1 rings (SSSR count). The molecule has 0 fully saturated rings. The number of carbonyl (C=O) groups is 1. The summed E-state index contributed by atoms with van der Waals surface area (Å²) >= 11 is 0. The number of aromatic hydroxyl groups is 1. The second-order valence-corrected chi connectivity index (χ2v) is 4.59. The quantitative estimate of drug-likeness (QED) is 0.725. The number of benzene rings is 1. The normalized spacial score (nSPS) is 12.5. The standard InChI is InChI=1S/C13H20N2O2/c1-9(2)6-11(8-14)15-13(17)10-4-3-5-12(16)7-10/h3-5,7,9,11,16H,6,8,14H2,1-2H3,(H,15,17). The molecule has 0 radical (unpaired) electrons. The van der Waals surface area contributed by atoms with E-state index in [1.807, 2.05) is 0 Å². The van der Waals surface area contributed by atoms with E-state index in [4.69, 9.17) is 5.73 Å². The minimum atomic E-state index is -0.197. The minimum absolute atomic E-state index is 0.0233. The Balaban J connectivity index is 2.64. The van der Waals surface area contributed by atoms with Gasteiger partial charge in [-0.05, 0) is 30.5 Å².